The highest BCUT2D eigenvalue weighted by molar-refractivity contribution is 5.85. The topological polar surface area (TPSA) is 32.9 Å². The van der Waals surface area contributed by atoms with E-state index in [4.69, 9.17) is 0 Å². The van der Waals surface area contributed by atoms with Gasteiger partial charge < -0.3 is 4.98 Å². The first-order valence-electron chi connectivity index (χ1n) is 6.87. The monoisotopic (exact) mass is 262 g/mol. The van der Waals surface area contributed by atoms with Crippen LogP contribution < -0.4 is 0 Å². The normalized spacial score (nSPS) is 10.8. The Labute approximate surface area is 118 Å². The zero-order valence-electron chi connectivity index (χ0n) is 11.4. The first-order chi connectivity index (χ1) is 9.81. The fourth-order valence-electron chi connectivity index (χ4n) is 2.65. The number of rotatable bonds is 4. The van der Waals surface area contributed by atoms with E-state index < -0.39 is 0 Å². The third-order valence-electron chi connectivity index (χ3n) is 3.71. The van der Waals surface area contributed by atoms with Gasteiger partial charge in [0.25, 0.3) is 0 Å². The second kappa shape index (κ2) is 5.33. The van der Waals surface area contributed by atoms with Crippen LogP contribution in [0.2, 0.25) is 0 Å². The van der Waals surface area contributed by atoms with Crippen LogP contribution in [-0.4, -0.2) is 11.3 Å². The molecule has 0 aliphatic carbocycles. The smallest absolute Gasteiger partial charge is 0.233 e. The predicted octanol–water partition coefficient (Wildman–Crippen LogP) is 3.78. The molecule has 1 radical (unpaired) electrons. The first-order valence-corrected chi connectivity index (χ1v) is 6.87. The van der Waals surface area contributed by atoms with E-state index in [0.717, 1.165) is 12.8 Å². The molecule has 0 atom stereocenters. The summed E-state index contributed by atoms with van der Waals surface area (Å²) >= 11 is 0. The molecule has 3 rings (SSSR count). The van der Waals surface area contributed by atoms with Crippen LogP contribution in [0, 0.1) is 0 Å². The minimum atomic E-state index is 0.600. The zero-order chi connectivity index (χ0) is 13.9. The van der Waals surface area contributed by atoms with Gasteiger partial charge in [0.05, 0.1) is 0 Å². The van der Waals surface area contributed by atoms with Crippen LogP contribution in [-0.2, 0) is 17.6 Å². The molecule has 0 unspecified atom stereocenters. The molecule has 0 aliphatic heterocycles. The maximum Gasteiger partial charge on any atom is 0.233 e. The lowest BCUT2D eigenvalue weighted by atomic mass is 10.00. The predicted molar refractivity (Wildman–Crippen MR) is 81.7 cm³/mol. The summed E-state index contributed by atoms with van der Waals surface area (Å²) in [7, 11) is 0. The van der Waals surface area contributed by atoms with Gasteiger partial charge in [0.1, 0.15) is 0 Å². The molecular weight excluding hydrogens is 246 g/mol. The Morgan fingerprint density at radius 3 is 2.50 bits per heavy atom. The van der Waals surface area contributed by atoms with Crippen LogP contribution in [0.5, 0.6) is 0 Å². The summed E-state index contributed by atoms with van der Waals surface area (Å²) in [5.74, 6) is 0. The first kappa shape index (κ1) is 12.7. The summed E-state index contributed by atoms with van der Waals surface area (Å²) in [5.41, 5.74) is 5.65. The second-order valence-electron chi connectivity index (χ2n) is 4.96. The minimum absolute atomic E-state index is 0.600. The number of aromatic nitrogens is 1. The third kappa shape index (κ3) is 2.25. The van der Waals surface area contributed by atoms with Gasteiger partial charge in [-0.15, -0.1) is 0 Å². The Kier molecular flexibility index (Phi) is 3.38. The molecule has 0 saturated carbocycles. The fourth-order valence-corrected chi connectivity index (χ4v) is 2.65. The zero-order valence-corrected chi connectivity index (χ0v) is 11.4. The molecule has 2 nitrogen and oxygen atoms in total. The highest BCUT2D eigenvalue weighted by Gasteiger charge is 2.10. The molecule has 0 spiro atoms. The minimum Gasteiger partial charge on any atom is -0.358 e. The summed E-state index contributed by atoms with van der Waals surface area (Å²) in [6.45, 7) is 2.17. The Balaban J connectivity index is 2.02. The SMILES string of the molecule is CCc1[nH]c2ccccc2c1Cc1ccc([C]=O)cc1. The van der Waals surface area contributed by atoms with Gasteiger partial charge in [0.2, 0.25) is 6.29 Å². The number of fused-ring (bicyclic) bond motifs is 1. The second-order valence-corrected chi connectivity index (χ2v) is 4.96. The van der Waals surface area contributed by atoms with Gasteiger partial charge in [-0.1, -0.05) is 49.4 Å². The number of hydrogen-bond acceptors (Lipinski definition) is 1. The van der Waals surface area contributed by atoms with Crippen LogP contribution in [0.4, 0.5) is 0 Å². The largest absolute Gasteiger partial charge is 0.358 e. The number of aromatic amines is 1. The van der Waals surface area contributed by atoms with Gasteiger partial charge in [0.15, 0.2) is 0 Å². The third-order valence-corrected chi connectivity index (χ3v) is 3.71. The number of para-hydroxylation sites is 1. The van der Waals surface area contributed by atoms with E-state index in [2.05, 4.69) is 36.2 Å². The Morgan fingerprint density at radius 2 is 1.80 bits per heavy atom. The molecule has 0 amide bonds. The van der Waals surface area contributed by atoms with Crippen LogP contribution in [0.3, 0.4) is 0 Å². The standard InChI is InChI=1S/C18H16NO/c1-2-17-16(15-5-3-4-6-18(15)19-17)11-13-7-9-14(12-20)10-8-13/h3-10,19H,2,11H2,1H3. The van der Waals surface area contributed by atoms with Crippen molar-refractivity contribution in [2.45, 2.75) is 19.8 Å². The van der Waals surface area contributed by atoms with E-state index in [9.17, 15) is 4.79 Å². The molecular formula is C18H16NO. The summed E-state index contributed by atoms with van der Waals surface area (Å²) in [5, 5.41) is 1.29. The van der Waals surface area contributed by atoms with E-state index in [0.29, 0.717) is 5.56 Å². The van der Waals surface area contributed by atoms with E-state index in [1.807, 2.05) is 30.6 Å². The number of nitrogens with one attached hydrogen (secondary N) is 1. The number of H-pyrrole nitrogens is 1. The summed E-state index contributed by atoms with van der Waals surface area (Å²) < 4.78 is 0. The highest BCUT2D eigenvalue weighted by Crippen LogP contribution is 2.25. The van der Waals surface area contributed by atoms with E-state index in [-0.39, 0.29) is 0 Å². The van der Waals surface area contributed by atoms with Crippen LogP contribution in [0.15, 0.2) is 48.5 Å². The molecule has 2 aromatic carbocycles. The molecule has 0 bridgehead atoms. The van der Waals surface area contributed by atoms with Crippen molar-refractivity contribution in [3.8, 4) is 0 Å². The molecule has 1 N–H and O–H groups in total. The van der Waals surface area contributed by atoms with Gasteiger partial charge in [-0.2, -0.15) is 0 Å². The lowest BCUT2D eigenvalue weighted by molar-refractivity contribution is 0.563. The van der Waals surface area contributed by atoms with Gasteiger partial charge in [-0.25, -0.2) is 0 Å². The average Bonchev–Trinajstić information content (AvgIpc) is 2.86. The van der Waals surface area contributed by atoms with Crippen LogP contribution in [0.25, 0.3) is 10.9 Å². The Hall–Kier alpha value is -2.35. The fraction of sp³-hybridized carbons (Fsp3) is 0.167. The lowest BCUT2D eigenvalue weighted by Gasteiger charge is -2.04. The van der Waals surface area contributed by atoms with Crippen molar-refractivity contribution in [1.29, 1.82) is 0 Å². The number of hydrogen-bond donors (Lipinski definition) is 1. The number of aryl methyl sites for hydroxylation is 1. The van der Waals surface area contributed by atoms with Gasteiger partial charge >= 0.3 is 0 Å². The van der Waals surface area contributed by atoms with E-state index >= 15 is 0 Å². The Morgan fingerprint density at radius 1 is 1.05 bits per heavy atom. The van der Waals surface area contributed by atoms with Gasteiger partial charge in [-0.05, 0) is 30.0 Å². The summed E-state index contributed by atoms with van der Waals surface area (Å²) in [6, 6.07) is 16.0. The quantitative estimate of drug-likeness (QED) is 0.762. The van der Waals surface area contributed by atoms with Crippen molar-refractivity contribution in [1.82, 2.24) is 4.98 Å². The molecule has 1 heterocycles. The van der Waals surface area contributed by atoms with Crippen molar-refractivity contribution >= 4 is 17.2 Å². The summed E-state index contributed by atoms with van der Waals surface area (Å²) in [4.78, 5) is 14.1. The van der Waals surface area contributed by atoms with E-state index in [1.165, 1.54) is 27.7 Å². The van der Waals surface area contributed by atoms with Crippen molar-refractivity contribution in [2.24, 2.45) is 0 Å². The lowest BCUT2D eigenvalue weighted by Crippen LogP contribution is -1.93. The molecule has 20 heavy (non-hydrogen) atoms. The molecule has 2 heteroatoms. The van der Waals surface area contributed by atoms with Crippen LogP contribution in [0.1, 0.15) is 29.3 Å². The van der Waals surface area contributed by atoms with Crippen molar-refractivity contribution in [3.05, 3.63) is 70.9 Å². The molecule has 1 aromatic heterocycles. The van der Waals surface area contributed by atoms with Gasteiger partial charge in [0, 0.05) is 22.2 Å². The Bertz CT molecular complexity index is 738. The van der Waals surface area contributed by atoms with Crippen molar-refractivity contribution in [3.63, 3.8) is 0 Å². The maximum atomic E-state index is 10.6. The highest BCUT2D eigenvalue weighted by atomic mass is 16.1. The average molecular weight is 262 g/mol. The molecule has 3 aromatic rings. The van der Waals surface area contributed by atoms with Crippen molar-refractivity contribution < 1.29 is 4.79 Å². The molecule has 0 saturated heterocycles. The van der Waals surface area contributed by atoms with E-state index in [1.54, 1.807) is 0 Å². The van der Waals surface area contributed by atoms with Crippen molar-refractivity contribution in [2.75, 3.05) is 0 Å². The maximum absolute atomic E-state index is 10.6. The molecule has 0 aliphatic rings. The van der Waals surface area contributed by atoms with Crippen LogP contribution >= 0.6 is 0 Å². The number of benzene rings is 2. The molecule has 0 fully saturated rings. The molecule has 99 valence electrons. The van der Waals surface area contributed by atoms with Gasteiger partial charge in [-0.3, -0.25) is 4.79 Å². The summed E-state index contributed by atoms with van der Waals surface area (Å²) in [6.07, 6.45) is 3.78. The number of carbonyl (C=O) groups excluding carboxylic acids is 1.